The maximum atomic E-state index is 12.7. The van der Waals surface area contributed by atoms with Crippen molar-refractivity contribution >= 4 is 28.3 Å². The quantitative estimate of drug-likeness (QED) is 0.685. The number of fused-ring (bicyclic) bond motifs is 1. The third kappa shape index (κ3) is 3.59. The summed E-state index contributed by atoms with van der Waals surface area (Å²) >= 11 is 6.16. The second-order valence-electron chi connectivity index (χ2n) is 6.73. The van der Waals surface area contributed by atoms with Crippen LogP contribution >= 0.6 is 11.6 Å². The number of amides is 1. The Morgan fingerprint density at radius 1 is 0.846 bits per heavy atom. The highest BCUT2D eigenvalue weighted by atomic mass is 35.5. The summed E-state index contributed by atoms with van der Waals surface area (Å²) in [6.45, 7) is 4.14. The number of benzene rings is 3. The van der Waals surface area contributed by atoms with Crippen LogP contribution in [0.15, 0.2) is 66.7 Å². The molecule has 0 N–H and O–H groups in total. The lowest BCUT2D eigenvalue weighted by atomic mass is 10.1. The van der Waals surface area contributed by atoms with E-state index in [1.54, 1.807) is 12.1 Å². The topological polar surface area (TPSA) is 23.6 Å². The molecule has 0 spiro atoms. The van der Waals surface area contributed by atoms with Crippen molar-refractivity contribution in [1.82, 2.24) is 9.80 Å². The lowest BCUT2D eigenvalue weighted by Crippen LogP contribution is -2.48. The van der Waals surface area contributed by atoms with E-state index in [1.807, 2.05) is 17.0 Å². The summed E-state index contributed by atoms with van der Waals surface area (Å²) in [5, 5.41) is 3.07. The molecule has 1 aliphatic heterocycles. The van der Waals surface area contributed by atoms with Crippen LogP contribution < -0.4 is 0 Å². The summed E-state index contributed by atoms with van der Waals surface area (Å²) in [4.78, 5) is 17.0. The largest absolute Gasteiger partial charge is 0.336 e. The third-order valence-corrected chi connectivity index (χ3v) is 5.31. The van der Waals surface area contributed by atoms with Crippen LogP contribution in [0.25, 0.3) is 10.8 Å². The molecule has 1 amide bonds. The molecule has 26 heavy (non-hydrogen) atoms. The van der Waals surface area contributed by atoms with Crippen molar-refractivity contribution in [1.29, 1.82) is 0 Å². The number of hydrogen-bond acceptors (Lipinski definition) is 2. The van der Waals surface area contributed by atoms with Gasteiger partial charge >= 0.3 is 0 Å². The maximum Gasteiger partial charge on any atom is 0.255 e. The Hall–Kier alpha value is -2.36. The molecule has 1 fully saturated rings. The van der Waals surface area contributed by atoms with Crippen molar-refractivity contribution in [2.24, 2.45) is 0 Å². The average Bonchev–Trinajstić information content (AvgIpc) is 2.68. The van der Waals surface area contributed by atoms with E-state index in [4.69, 9.17) is 11.6 Å². The summed E-state index contributed by atoms with van der Waals surface area (Å²) in [5.41, 5.74) is 1.91. The first-order chi connectivity index (χ1) is 12.7. The second kappa shape index (κ2) is 7.48. The van der Waals surface area contributed by atoms with E-state index in [0.717, 1.165) is 32.7 Å². The normalized spacial score (nSPS) is 15.3. The van der Waals surface area contributed by atoms with Crippen LogP contribution in [0.4, 0.5) is 0 Å². The number of hydrogen-bond donors (Lipinski definition) is 0. The molecular weight excluding hydrogens is 344 g/mol. The smallest absolute Gasteiger partial charge is 0.255 e. The zero-order valence-corrected chi connectivity index (χ0v) is 15.3. The fourth-order valence-electron chi connectivity index (χ4n) is 3.51. The first-order valence-electron chi connectivity index (χ1n) is 8.94. The van der Waals surface area contributed by atoms with Gasteiger partial charge < -0.3 is 4.90 Å². The lowest BCUT2D eigenvalue weighted by molar-refractivity contribution is 0.0628. The van der Waals surface area contributed by atoms with Crippen molar-refractivity contribution < 1.29 is 4.79 Å². The van der Waals surface area contributed by atoms with Crippen LogP contribution in [0.5, 0.6) is 0 Å². The standard InChI is InChI=1S/C22H21ClN2O/c23-21-8-4-3-7-20(21)22(26)25-13-11-24(12-14-25)16-17-9-10-18-5-1-2-6-19(18)15-17/h1-10,15H,11-14,16H2. The Labute approximate surface area is 158 Å². The molecule has 0 aromatic heterocycles. The van der Waals surface area contributed by atoms with Crippen molar-refractivity contribution in [3.8, 4) is 0 Å². The minimum atomic E-state index is 0.0287. The Bertz CT molecular complexity index is 932. The van der Waals surface area contributed by atoms with E-state index in [0.29, 0.717) is 10.6 Å². The maximum absolute atomic E-state index is 12.7. The highest BCUT2D eigenvalue weighted by Gasteiger charge is 2.23. The van der Waals surface area contributed by atoms with Gasteiger partial charge in [0.05, 0.1) is 10.6 Å². The van der Waals surface area contributed by atoms with E-state index >= 15 is 0 Å². The number of nitrogens with zero attached hydrogens (tertiary/aromatic N) is 2. The minimum absolute atomic E-state index is 0.0287. The van der Waals surface area contributed by atoms with Gasteiger partial charge in [0, 0.05) is 32.7 Å². The summed E-state index contributed by atoms with van der Waals surface area (Å²) < 4.78 is 0. The molecular formula is C22H21ClN2O. The third-order valence-electron chi connectivity index (χ3n) is 4.98. The number of piperazine rings is 1. The summed E-state index contributed by atoms with van der Waals surface area (Å²) in [5.74, 6) is 0.0287. The molecule has 3 aromatic rings. The second-order valence-corrected chi connectivity index (χ2v) is 7.14. The van der Waals surface area contributed by atoms with Crippen molar-refractivity contribution in [2.45, 2.75) is 6.54 Å². The first kappa shape index (κ1) is 17.1. The van der Waals surface area contributed by atoms with Gasteiger partial charge in [-0.3, -0.25) is 9.69 Å². The van der Waals surface area contributed by atoms with Crippen molar-refractivity contribution in [3.63, 3.8) is 0 Å². The fraction of sp³-hybridized carbons (Fsp3) is 0.227. The Morgan fingerprint density at radius 3 is 2.31 bits per heavy atom. The molecule has 4 heteroatoms. The molecule has 0 aliphatic carbocycles. The average molecular weight is 365 g/mol. The summed E-state index contributed by atoms with van der Waals surface area (Å²) in [6, 6.07) is 22.3. The molecule has 4 rings (SSSR count). The van der Waals surface area contributed by atoms with Crippen LogP contribution in [0.1, 0.15) is 15.9 Å². The molecule has 0 saturated carbocycles. The van der Waals surface area contributed by atoms with Crippen LogP contribution in [0, 0.1) is 0 Å². The van der Waals surface area contributed by atoms with Gasteiger partial charge in [-0.1, -0.05) is 60.1 Å². The molecule has 0 atom stereocenters. The minimum Gasteiger partial charge on any atom is -0.336 e. The molecule has 0 bridgehead atoms. The predicted octanol–water partition coefficient (Wildman–Crippen LogP) is 4.45. The van der Waals surface area contributed by atoms with Gasteiger partial charge in [0.15, 0.2) is 0 Å². The SMILES string of the molecule is O=C(c1ccccc1Cl)N1CCN(Cc2ccc3ccccc3c2)CC1. The van der Waals surface area contributed by atoms with Crippen LogP contribution in [-0.4, -0.2) is 41.9 Å². The molecule has 3 aromatic carbocycles. The van der Waals surface area contributed by atoms with E-state index in [9.17, 15) is 4.79 Å². The van der Waals surface area contributed by atoms with Gasteiger partial charge in [-0.15, -0.1) is 0 Å². The van der Waals surface area contributed by atoms with E-state index in [1.165, 1.54) is 16.3 Å². The van der Waals surface area contributed by atoms with Gasteiger partial charge in [0.25, 0.3) is 5.91 Å². The van der Waals surface area contributed by atoms with E-state index in [-0.39, 0.29) is 5.91 Å². The van der Waals surface area contributed by atoms with Crippen LogP contribution in [0.2, 0.25) is 5.02 Å². The van der Waals surface area contributed by atoms with Gasteiger partial charge in [-0.05, 0) is 34.5 Å². The number of halogens is 1. The summed E-state index contributed by atoms with van der Waals surface area (Å²) in [6.07, 6.45) is 0. The summed E-state index contributed by atoms with van der Waals surface area (Å²) in [7, 11) is 0. The molecule has 0 unspecified atom stereocenters. The molecule has 1 saturated heterocycles. The fourth-order valence-corrected chi connectivity index (χ4v) is 3.73. The van der Waals surface area contributed by atoms with Gasteiger partial charge in [0.2, 0.25) is 0 Å². The van der Waals surface area contributed by atoms with Crippen molar-refractivity contribution in [2.75, 3.05) is 26.2 Å². The first-order valence-corrected chi connectivity index (χ1v) is 9.32. The van der Waals surface area contributed by atoms with Gasteiger partial charge in [0.1, 0.15) is 0 Å². The van der Waals surface area contributed by atoms with Gasteiger partial charge in [-0.2, -0.15) is 0 Å². The lowest BCUT2D eigenvalue weighted by Gasteiger charge is -2.35. The zero-order valence-electron chi connectivity index (χ0n) is 14.6. The van der Waals surface area contributed by atoms with Gasteiger partial charge in [-0.25, -0.2) is 0 Å². The number of rotatable bonds is 3. The van der Waals surface area contributed by atoms with E-state index < -0.39 is 0 Å². The molecule has 132 valence electrons. The Kier molecular flexibility index (Phi) is 4.91. The monoisotopic (exact) mass is 364 g/mol. The molecule has 1 heterocycles. The predicted molar refractivity (Wildman–Crippen MR) is 107 cm³/mol. The van der Waals surface area contributed by atoms with Crippen molar-refractivity contribution in [3.05, 3.63) is 82.9 Å². The zero-order chi connectivity index (χ0) is 17.9. The highest BCUT2D eigenvalue weighted by Crippen LogP contribution is 2.20. The van der Waals surface area contributed by atoms with Crippen LogP contribution in [-0.2, 0) is 6.54 Å². The molecule has 0 radical (unpaired) electrons. The number of carbonyl (C=O) groups is 1. The Balaban J connectivity index is 1.38. The molecule has 1 aliphatic rings. The Morgan fingerprint density at radius 2 is 1.54 bits per heavy atom. The van der Waals surface area contributed by atoms with Crippen LogP contribution in [0.3, 0.4) is 0 Å². The highest BCUT2D eigenvalue weighted by molar-refractivity contribution is 6.33. The molecule has 3 nitrogen and oxygen atoms in total. The number of carbonyl (C=O) groups excluding carboxylic acids is 1. The van der Waals surface area contributed by atoms with E-state index in [2.05, 4.69) is 47.4 Å².